The minimum atomic E-state index is -1.86. The van der Waals surface area contributed by atoms with Gasteiger partial charge in [-0.05, 0) is 73.6 Å². The molecular weight excluding hydrogens is 420 g/mol. The Bertz CT molecular complexity index is 992. The van der Waals surface area contributed by atoms with Crippen LogP contribution in [0, 0.1) is 27.7 Å². The van der Waals surface area contributed by atoms with E-state index < -0.39 is 37.1 Å². The molecule has 5 atom stereocenters. The standard InChI is InChI=1S/C27H36O6/c1-16-8-5-10-20(18(16)3)11-7-13-22(14-21-12-6-9-17(2)19(21)4)24(30)26(32)27(33)25(31)23(29)15-28/h5-10,12,23-33H,11,14-15H2,1-4H3/t13?,23-,24?,25+,26+,27-/m0/s1. The summed E-state index contributed by atoms with van der Waals surface area (Å²) in [5.74, 6) is 0. The lowest BCUT2D eigenvalue weighted by Gasteiger charge is -2.29. The van der Waals surface area contributed by atoms with E-state index in [1.807, 2.05) is 64.1 Å². The first kappa shape index (κ1) is 27.0. The summed E-state index contributed by atoms with van der Waals surface area (Å²) in [6.45, 7) is 7.25. The normalized spacial score (nSPS) is 15.8. The Labute approximate surface area is 195 Å². The predicted molar refractivity (Wildman–Crippen MR) is 128 cm³/mol. The van der Waals surface area contributed by atoms with Crippen LogP contribution < -0.4 is 0 Å². The molecule has 0 heterocycles. The van der Waals surface area contributed by atoms with E-state index in [4.69, 9.17) is 5.11 Å². The molecule has 0 aliphatic rings. The lowest BCUT2D eigenvalue weighted by Crippen LogP contribution is -2.50. The zero-order valence-corrected chi connectivity index (χ0v) is 19.7. The highest BCUT2D eigenvalue weighted by molar-refractivity contribution is 5.37. The second-order valence-corrected chi connectivity index (χ2v) is 8.64. The van der Waals surface area contributed by atoms with Gasteiger partial charge in [-0.15, -0.1) is 5.73 Å². The highest BCUT2D eigenvalue weighted by Gasteiger charge is 2.35. The average Bonchev–Trinajstić information content (AvgIpc) is 2.81. The fourth-order valence-corrected chi connectivity index (χ4v) is 3.71. The third kappa shape index (κ3) is 6.85. The highest BCUT2D eigenvalue weighted by Crippen LogP contribution is 2.22. The van der Waals surface area contributed by atoms with Gasteiger partial charge in [-0.2, -0.15) is 0 Å². The first-order valence-electron chi connectivity index (χ1n) is 11.1. The summed E-state index contributed by atoms with van der Waals surface area (Å²) >= 11 is 0. The lowest BCUT2D eigenvalue weighted by molar-refractivity contribution is -0.134. The highest BCUT2D eigenvalue weighted by atomic mass is 16.4. The maximum atomic E-state index is 10.9. The summed E-state index contributed by atoms with van der Waals surface area (Å²) in [4.78, 5) is 0. The smallest absolute Gasteiger partial charge is 0.113 e. The Hall–Kier alpha value is -2.28. The van der Waals surface area contributed by atoms with Crippen molar-refractivity contribution in [1.29, 1.82) is 0 Å². The molecule has 0 fully saturated rings. The van der Waals surface area contributed by atoms with Gasteiger partial charge >= 0.3 is 0 Å². The van der Waals surface area contributed by atoms with Gasteiger partial charge in [-0.25, -0.2) is 0 Å². The molecule has 0 aliphatic heterocycles. The van der Waals surface area contributed by atoms with Gasteiger partial charge in [0.2, 0.25) is 0 Å². The number of aliphatic hydroxyl groups is 6. The molecule has 6 heteroatoms. The van der Waals surface area contributed by atoms with Gasteiger partial charge < -0.3 is 30.6 Å². The topological polar surface area (TPSA) is 121 Å². The fraction of sp³-hybridized carbons (Fsp3) is 0.444. The number of rotatable bonds is 10. The van der Waals surface area contributed by atoms with Gasteiger partial charge in [0, 0.05) is 12.0 Å². The van der Waals surface area contributed by atoms with Crippen LogP contribution in [-0.2, 0) is 12.8 Å². The maximum absolute atomic E-state index is 10.9. The number of aliphatic hydroxyl groups excluding tert-OH is 6. The van der Waals surface area contributed by atoms with Gasteiger partial charge in [-0.1, -0.05) is 36.4 Å². The molecule has 33 heavy (non-hydrogen) atoms. The maximum Gasteiger partial charge on any atom is 0.113 e. The molecule has 0 bridgehead atoms. The van der Waals surface area contributed by atoms with E-state index in [2.05, 4.69) is 5.73 Å². The van der Waals surface area contributed by atoms with Crippen molar-refractivity contribution in [2.75, 3.05) is 6.61 Å². The van der Waals surface area contributed by atoms with Crippen LogP contribution >= 0.6 is 0 Å². The number of aryl methyl sites for hydroxylation is 2. The molecule has 6 nitrogen and oxygen atoms in total. The van der Waals surface area contributed by atoms with Crippen molar-refractivity contribution >= 4 is 0 Å². The lowest BCUT2D eigenvalue weighted by atomic mass is 9.90. The van der Waals surface area contributed by atoms with Crippen LogP contribution in [0.25, 0.3) is 0 Å². The molecule has 0 amide bonds. The molecule has 180 valence electrons. The van der Waals surface area contributed by atoms with E-state index in [0.717, 1.165) is 22.3 Å². The SMILES string of the molecule is Cc1cccc(CC=C=C(Cc2cccc(C)c2C)C(O)[C@@H](O)[C@@H](O)[C@H](O)[C@@H](O)CO)c1C. The van der Waals surface area contributed by atoms with Crippen molar-refractivity contribution in [3.8, 4) is 0 Å². The van der Waals surface area contributed by atoms with Crippen molar-refractivity contribution in [1.82, 2.24) is 0 Å². The van der Waals surface area contributed by atoms with Crippen LogP contribution in [0.4, 0.5) is 0 Å². The molecule has 0 saturated carbocycles. The fourth-order valence-electron chi connectivity index (χ4n) is 3.71. The molecule has 1 unspecified atom stereocenters. The van der Waals surface area contributed by atoms with Gasteiger partial charge in [0.25, 0.3) is 0 Å². The van der Waals surface area contributed by atoms with Gasteiger partial charge in [0.1, 0.15) is 30.5 Å². The number of hydrogen-bond donors (Lipinski definition) is 6. The molecule has 0 spiro atoms. The molecule has 0 saturated heterocycles. The molecule has 2 rings (SSSR count). The van der Waals surface area contributed by atoms with E-state index in [1.54, 1.807) is 6.08 Å². The monoisotopic (exact) mass is 456 g/mol. The van der Waals surface area contributed by atoms with Crippen molar-refractivity contribution in [2.45, 2.75) is 71.1 Å². The van der Waals surface area contributed by atoms with Gasteiger partial charge in [-0.3, -0.25) is 0 Å². The first-order chi connectivity index (χ1) is 15.6. The van der Waals surface area contributed by atoms with Crippen molar-refractivity contribution < 1.29 is 30.6 Å². The average molecular weight is 457 g/mol. The Morgan fingerprint density at radius 2 is 1.33 bits per heavy atom. The summed E-state index contributed by atoms with van der Waals surface area (Å²) < 4.78 is 0. The van der Waals surface area contributed by atoms with E-state index in [9.17, 15) is 25.5 Å². The molecule has 6 N–H and O–H groups in total. The molecule has 0 aromatic heterocycles. The zero-order chi connectivity index (χ0) is 24.7. The molecule has 2 aromatic rings. The molecule has 0 aliphatic carbocycles. The molecule has 0 radical (unpaired) electrons. The number of hydrogen-bond acceptors (Lipinski definition) is 6. The van der Waals surface area contributed by atoms with Crippen LogP contribution in [0.5, 0.6) is 0 Å². The van der Waals surface area contributed by atoms with Crippen molar-refractivity contribution in [2.24, 2.45) is 0 Å². The third-order valence-electron chi connectivity index (χ3n) is 6.39. The summed E-state index contributed by atoms with van der Waals surface area (Å²) in [6, 6.07) is 11.9. The summed E-state index contributed by atoms with van der Waals surface area (Å²) in [6.07, 6.45) is -6.03. The first-order valence-corrected chi connectivity index (χ1v) is 11.1. The second kappa shape index (κ2) is 12.3. The van der Waals surface area contributed by atoms with E-state index in [-0.39, 0.29) is 6.42 Å². The van der Waals surface area contributed by atoms with E-state index in [0.29, 0.717) is 12.0 Å². The van der Waals surface area contributed by atoms with E-state index in [1.165, 1.54) is 11.1 Å². The van der Waals surface area contributed by atoms with Gasteiger partial charge in [0.15, 0.2) is 0 Å². The quantitative estimate of drug-likeness (QED) is 0.302. The largest absolute Gasteiger partial charge is 0.394 e. The number of benzene rings is 2. The van der Waals surface area contributed by atoms with Crippen LogP contribution in [-0.4, -0.2) is 67.8 Å². The minimum Gasteiger partial charge on any atom is -0.394 e. The van der Waals surface area contributed by atoms with Crippen LogP contribution in [0.3, 0.4) is 0 Å². The van der Waals surface area contributed by atoms with Gasteiger partial charge in [0.05, 0.1) is 6.61 Å². The third-order valence-corrected chi connectivity index (χ3v) is 6.39. The van der Waals surface area contributed by atoms with E-state index >= 15 is 0 Å². The minimum absolute atomic E-state index is 0.278. The van der Waals surface area contributed by atoms with Crippen LogP contribution in [0.15, 0.2) is 53.8 Å². The Morgan fingerprint density at radius 3 is 1.91 bits per heavy atom. The molecular formula is C27H36O6. The summed E-state index contributed by atoms with van der Waals surface area (Å²) in [7, 11) is 0. The zero-order valence-electron chi connectivity index (χ0n) is 19.7. The Morgan fingerprint density at radius 1 is 0.788 bits per heavy atom. The summed E-state index contributed by atoms with van der Waals surface area (Å²) in [5, 5.41) is 60.3. The van der Waals surface area contributed by atoms with Crippen LogP contribution in [0.2, 0.25) is 0 Å². The predicted octanol–water partition coefficient (Wildman–Crippen LogP) is 1.58. The molecule has 2 aromatic carbocycles. The Balaban J connectivity index is 2.39. The Kier molecular flexibility index (Phi) is 10.0. The van der Waals surface area contributed by atoms with Crippen molar-refractivity contribution in [3.63, 3.8) is 0 Å². The second-order valence-electron chi connectivity index (χ2n) is 8.64. The van der Waals surface area contributed by atoms with Crippen LogP contribution in [0.1, 0.15) is 33.4 Å². The summed E-state index contributed by atoms with van der Waals surface area (Å²) in [5.41, 5.74) is 9.98. The van der Waals surface area contributed by atoms with Crippen molar-refractivity contribution in [3.05, 3.63) is 87.2 Å².